The van der Waals surface area contributed by atoms with E-state index in [1.54, 1.807) is 30.5 Å². The fraction of sp³-hybridized carbons (Fsp3) is 0.238. The first-order chi connectivity index (χ1) is 14.3. The van der Waals surface area contributed by atoms with Gasteiger partial charge < -0.3 is 14.6 Å². The van der Waals surface area contributed by atoms with Crippen LogP contribution >= 0.6 is 0 Å². The Kier molecular flexibility index (Phi) is 6.41. The van der Waals surface area contributed by atoms with Crippen LogP contribution in [0.1, 0.15) is 11.4 Å². The smallest absolute Gasteiger partial charge is 0.241 e. The van der Waals surface area contributed by atoms with E-state index in [-0.39, 0.29) is 13.1 Å². The van der Waals surface area contributed by atoms with Gasteiger partial charge in [0.05, 0.1) is 24.7 Å². The summed E-state index contributed by atoms with van der Waals surface area (Å²) >= 11 is 0. The normalized spacial score (nSPS) is 11.2. The third-order valence-corrected chi connectivity index (χ3v) is 5.72. The van der Waals surface area contributed by atoms with E-state index in [0.717, 1.165) is 27.6 Å². The molecule has 0 saturated carbocycles. The van der Waals surface area contributed by atoms with Crippen LogP contribution < -0.4 is 14.4 Å². The van der Waals surface area contributed by atoms with E-state index < -0.39 is 15.9 Å². The van der Waals surface area contributed by atoms with Crippen LogP contribution in [-0.2, 0) is 21.4 Å². The maximum absolute atomic E-state index is 12.6. The standard InChI is InChI=1S/C21H24N4O4S/c1-16-22-12-13-24(16)18-9-5-4-8-17(18)14-23-21(26)15-25(30(3,27)28)19-10-6-7-11-20(19)29-2/h4-13H,14-15H2,1-3H3,(H,23,26). The summed E-state index contributed by atoms with van der Waals surface area (Å²) in [6.45, 7) is 1.79. The van der Waals surface area contributed by atoms with Gasteiger partial charge in [-0.05, 0) is 30.7 Å². The number of carbonyl (C=O) groups is 1. The highest BCUT2D eigenvalue weighted by atomic mass is 32.2. The van der Waals surface area contributed by atoms with Gasteiger partial charge in [-0.3, -0.25) is 9.10 Å². The predicted octanol–water partition coefficient (Wildman–Crippen LogP) is 2.27. The second-order valence-electron chi connectivity index (χ2n) is 6.69. The summed E-state index contributed by atoms with van der Waals surface area (Å²) in [5.41, 5.74) is 2.10. The molecule has 0 radical (unpaired) electrons. The minimum Gasteiger partial charge on any atom is -0.495 e. The van der Waals surface area contributed by atoms with Gasteiger partial charge in [-0.25, -0.2) is 13.4 Å². The molecule has 0 aliphatic carbocycles. The molecule has 1 heterocycles. The zero-order valence-electron chi connectivity index (χ0n) is 17.1. The number of carbonyl (C=O) groups excluding carboxylic acids is 1. The number of sulfonamides is 1. The monoisotopic (exact) mass is 428 g/mol. The van der Waals surface area contributed by atoms with Crippen molar-refractivity contribution in [3.8, 4) is 11.4 Å². The fourth-order valence-corrected chi connectivity index (χ4v) is 3.98. The molecular formula is C21H24N4O4S. The summed E-state index contributed by atoms with van der Waals surface area (Å²) < 4.78 is 32.9. The number of para-hydroxylation sites is 3. The number of aryl methyl sites for hydroxylation is 1. The zero-order chi connectivity index (χ0) is 21.7. The third-order valence-electron chi connectivity index (χ3n) is 4.59. The Morgan fingerprint density at radius 2 is 1.87 bits per heavy atom. The molecule has 2 aromatic carbocycles. The van der Waals surface area contributed by atoms with E-state index in [0.29, 0.717) is 11.4 Å². The maximum Gasteiger partial charge on any atom is 0.241 e. The molecule has 0 saturated heterocycles. The van der Waals surface area contributed by atoms with Crippen LogP contribution in [-0.4, -0.2) is 43.8 Å². The summed E-state index contributed by atoms with van der Waals surface area (Å²) in [6.07, 6.45) is 4.62. The summed E-state index contributed by atoms with van der Waals surface area (Å²) in [7, 11) is -2.24. The first-order valence-electron chi connectivity index (χ1n) is 9.27. The Morgan fingerprint density at radius 1 is 1.17 bits per heavy atom. The fourth-order valence-electron chi connectivity index (χ4n) is 3.12. The minimum atomic E-state index is -3.70. The second kappa shape index (κ2) is 9.00. The lowest BCUT2D eigenvalue weighted by molar-refractivity contribution is -0.119. The molecule has 0 aliphatic rings. The van der Waals surface area contributed by atoms with E-state index in [2.05, 4.69) is 10.3 Å². The SMILES string of the molecule is COc1ccccc1N(CC(=O)NCc1ccccc1-n1ccnc1C)S(C)(=O)=O. The van der Waals surface area contributed by atoms with Gasteiger partial charge in [0.2, 0.25) is 15.9 Å². The van der Waals surface area contributed by atoms with Gasteiger partial charge in [0.25, 0.3) is 0 Å². The largest absolute Gasteiger partial charge is 0.495 e. The van der Waals surface area contributed by atoms with E-state index in [9.17, 15) is 13.2 Å². The summed E-state index contributed by atoms with van der Waals surface area (Å²) in [5.74, 6) is 0.772. The molecule has 0 bridgehead atoms. The highest BCUT2D eigenvalue weighted by Crippen LogP contribution is 2.29. The number of ether oxygens (including phenoxy) is 1. The highest BCUT2D eigenvalue weighted by Gasteiger charge is 2.23. The number of benzene rings is 2. The number of hydrogen-bond donors (Lipinski definition) is 1. The second-order valence-corrected chi connectivity index (χ2v) is 8.60. The maximum atomic E-state index is 12.6. The molecule has 8 nitrogen and oxygen atoms in total. The highest BCUT2D eigenvalue weighted by molar-refractivity contribution is 7.92. The number of rotatable bonds is 8. The Labute approximate surface area is 176 Å². The number of hydrogen-bond acceptors (Lipinski definition) is 5. The number of aromatic nitrogens is 2. The lowest BCUT2D eigenvalue weighted by Gasteiger charge is -2.23. The average Bonchev–Trinajstić information content (AvgIpc) is 3.15. The van der Waals surface area contributed by atoms with Gasteiger partial charge in [0.1, 0.15) is 18.1 Å². The molecule has 30 heavy (non-hydrogen) atoms. The quantitative estimate of drug-likeness (QED) is 0.594. The minimum absolute atomic E-state index is 0.246. The number of amides is 1. The summed E-state index contributed by atoms with van der Waals surface area (Å²) in [5, 5.41) is 2.81. The molecule has 0 spiro atoms. The van der Waals surface area contributed by atoms with Crippen LogP contribution in [0.15, 0.2) is 60.9 Å². The van der Waals surface area contributed by atoms with Crippen LogP contribution in [0.3, 0.4) is 0 Å². The Balaban J connectivity index is 1.78. The molecule has 1 amide bonds. The van der Waals surface area contributed by atoms with Crippen molar-refractivity contribution in [2.24, 2.45) is 0 Å². The van der Waals surface area contributed by atoms with Crippen LogP contribution in [0.5, 0.6) is 5.75 Å². The average molecular weight is 429 g/mol. The van der Waals surface area contributed by atoms with Crippen molar-refractivity contribution >= 4 is 21.6 Å². The van der Waals surface area contributed by atoms with E-state index in [1.807, 2.05) is 42.0 Å². The van der Waals surface area contributed by atoms with Crippen LogP contribution in [0, 0.1) is 6.92 Å². The van der Waals surface area contributed by atoms with Crippen molar-refractivity contribution in [3.05, 3.63) is 72.3 Å². The van der Waals surface area contributed by atoms with E-state index in [4.69, 9.17) is 4.74 Å². The Morgan fingerprint density at radius 3 is 2.53 bits per heavy atom. The van der Waals surface area contributed by atoms with Gasteiger partial charge in [0.15, 0.2) is 0 Å². The molecule has 0 atom stereocenters. The molecule has 9 heteroatoms. The van der Waals surface area contributed by atoms with Gasteiger partial charge >= 0.3 is 0 Å². The first-order valence-corrected chi connectivity index (χ1v) is 11.1. The van der Waals surface area contributed by atoms with Crippen molar-refractivity contribution in [2.45, 2.75) is 13.5 Å². The van der Waals surface area contributed by atoms with Gasteiger partial charge in [-0.1, -0.05) is 30.3 Å². The van der Waals surface area contributed by atoms with Crippen LogP contribution in [0.2, 0.25) is 0 Å². The summed E-state index contributed by atoms with van der Waals surface area (Å²) in [6, 6.07) is 14.3. The first kappa shape index (κ1) is 21.4. The predicted molar refractivity (Wildman–Crippen MR) is 115 cm³/mol. The number of nitrogens with one attached hydrogen (secondary N) is 1. The van der Waals surface area contributed by atoms with Gasteiger partial charge in [-0.15, -0.1) is 0 Å². The Bertz CT molecular complexity index is 1140. The number of imidazole rings is 1. The molecule has 1 N–H and O–H groups in total. The molecule has 1 aromatic heterocycles. The summed E-state index contributed by atoms with van der Waals surface area (Å²) in [4.78, 5) is 16.9. The number of anilines is 1. The van der Waals surface area contributed by atoms with E-state index >= 15 is 0 Å². The molecule has 158 valence electrons. The van der Waals surface area contributed by atoms with Crippen molar-refractivity contribution < 1.29 is 17.9 Å². The van der Waals surface area contributed by atoms with Crippen LogP contribution in [0.4, 0.5) is 5.69 Å². The topological polar surface area (TPSA) is 93.5 Å². The van der Waals surface area contributed by atoms with Gasteiger partial charge in [-0.2, -0.15) is 0 Å². The van der Waals surface area contributed by atoms with E-state index in [1.165, 1.54) is 7.11 Å². The Hall–Kier alpha value is -3.33. The zero-order valence-corrected chi connectivity index (χ0v) is 17.9. The lowest BCUT2D eigenvalue weighted by atomic mass is 10.1. The van der Waals surface area contributed by atoms with Crippen molar-refractivity contribution in [1.82, 2.24) is 14.9 Å². The molecule has 0 aliphatic heterocycles. The number of nitrogens with zero attached hydrogens (tertiary/aromatic N) is 3. The van der Waals surface area contributed by atoms with Gasteiger partial charge in [0, 0.05) is 18.9 Å². The lowest BCUT2D eigenvalue weighted by Crippen LogP contribution is -2.40. The van der Waals surface area contributed by atoms with Crippen molar-refractivity contribution in [2.75, 3.05) is 24.2 Å². The molecule has 3 aromatic rings. The molecule has 0 unspecified atom stereocenters. The molecule has 3 rings (SSSR count). The number of methoxy groups -OCH3 is 1. The van der Waals surface area contributed by atoms with Crippen molar-refractivity contribution in [3.63, 3.8) is 0 Å². The third kappa shape index (κ3) is 4.80. The van der Waals surface area contributed by atoms with Crippen molar-refractivity contribution in [1.29, 1.82) is 0 Å². The molecular weight excluding hydrogens is 404 g/mol. The van der Waals surface area contributed by atoms with Crippen LogP contribution in [0.25, 0.3) is 5.69 Å². The molecule has 0 fully saturated rings.